The molecule has 1 rings (SSSR count). The van der Waals surface area contributed by atoms with Crippen molar-refractivity contribution in [1.82, 2.24) is 4.48 Å². The van der Waals surface area contributed by atoms with Gasteiger partial charge in [0.25, 0.3) is 6.09 Å². The predicted octanol–water partition coefficient (Wildman–Crippen LogP) is 1.15. The van der Waals surface area contributed by atoms with Crippen LogP contribution in [0.4, 0.5) is 10.5 Å². The van der Waals surface area contributed by atoms with Crippen molar-refractivity contribution in [3.63, 3.8) is 0 Å². The van der Waals surface area contributed by atoms with Crippen molar-refractivity contribution in [3.05, 3.63) is 43.0 Å². The van der Waals surface area contributed by atoms with Crippen LogP contribution < -0.4 is 9.59 Å². The molecule has 0 N–H and O–H groups in total. The van der Waals surface area contributed by atoms with Gasteiger partial charge in [0, 0.05) is 0 Å². The van der Waals surface area contributed by atoms with Crippen molar-refractivity contribution in [2.24, 2.45) is 0 Å². The summed E-state index contributed by atoms with van der Waals surface area (Å²) in [5.74, 6) is 0. The molecule has 74 valence electrons. The molecule has 0 heterocycles. The van der Waals surface area contributed by atoms with E-state index < -0.39 is 6.09 Å². The number of quaternary nitrogens is 1. The molecule has 0 aliphatic carbocycles. The molecule has 0 fully saturated rings. The third-order valence-corrected chi connectivity index (χ3v) is 2.22. The van der Waals surface area contributed by atoms with Crippen molar-refractivity contribution in [3.8, 4) is 0 Å². The molecular formula is C11H13NO2. The van der Waals surface area contributed by atoms with Gasteiger partial charge in [-0.2, -0.15) is 0 Å². The molecule has 1 unspecified atom stereocenters. The zero-order valence-electron chi connectivity index (χ0n) is 8.14. The molecule has 1 atom stereocenters. The van der Waals surface area contributed by atoms with Crippen molar-refractivity contribution >= 4 is 11.8 Å². The maximum Gasteiger partial charge on any atom is 0.262 e. The first-order valence-electron chi connectivity index (χ1n) is 4.35. The minimum absolute atomic E-state index is 0.273. The lowest BCUT2D eigenvalue weighted by molar-refractivity contribution is -0.262. The molecule has 0 saturated heterocycles. The number of carbonyl (C=O) groups excluding carboxylic acids is 1. The number of hydrogen-bond acceptors (Lipinski definition) is 2. The number of benzene rings is 1. The Hall–Kier alpha value is -1.61. The van der Waals surface area contributed by atoms with Gasteiger partial charge in [0.2, 0.25) is 0 Å². The summed E-state index contributed by atoms with van der Waals surface area (Å²) in [4.78, 5) is 11.0. The van der Waals surface area contributed by atoms with Crippen LogP contribution in [0.25, 0.3) is 0 Å². The van der Waals surface area contributed by atoms with Crippen LogP contribution in [-0.4, -0.2) is 19.7 Å². The lowest BCUT2D eigenvalue weighted by atomic mass is 10.2. The van der Waals surface area contributed by atoms with Gasteiger partial charge in [0.15, 0.2) is 0 Å². The van der Waals surface area contributed by atoms with E-state index in [9.17, 15) is 9.90 Å². The third-order valence-electron chi connectivity index (χ3n) is 2.22. The van der Waals surface area contributed by atoms with Gasteiger partial charge in [-0.25, -0.2) is 4.48 Å². The van der Waals surface area contributed by atoms with Crippen LogP contribution in [0, 0.1) is 0 Å². The standard InChI is InChI=1S/C11H13NO2/c1-3-9-12(2,11(13)14)10-7-5-4-6-8-10/h3-8H,1,9H2,2H3. The summed E-state index contributed by atoms with van der Waals surface area (Å²) < 4.78 is -0.273. The zero-order valence-corrected chi connectivity index (χ0v) is 8.14. The molecule has 1 amide bonds. The van der Waals surface area contributed by atoms with E-state index in [1.807, 2.05) is 6.07 Å². The molecule has 3 heteroatoms. The number of carboxylic acid groups (broad SMARTS) is 1. The Balaban J connectivity index is 3.12. The maximum atomic E-state index is 11.0. The van der Waals surface area contributed by atoms with Crippen molar-refractivity contribution in [2.45, 2.75) is 0 Å². The minimum Gasteiger partial charge on any atom is -0.498 e. The monoisotopic (exact) mass is 191 g/mol. The highest BCUT2D eigenvalue weighted by Gasteiger charge is 2.25. The van der Waals surface area contributed by atoms with Crippen LogP contribution in [0.15, 0.2) is 43.0 Å². The Bertz CT molecular complexity index is 334. The van der Waals surface area contributed by atoms with Crippen molar-refractivity contribution < 1.29 is 9.90 Å². The average molecular weight is 191 g/mol. The lowest BCUT2D eigenvalue weighted by Gasteiger charge is -2.31. The SMILES string of the molecule is C=CC[N+](C)(C(=O)[O-])c1ccccc1. The summed E-state index contributed by atoms with van der Waals surface area (Å²) in [7, 11) is 1.59. The first-order chi connectivity index (χ1) is 6.61. The number of carbonyl (C=O) groups is 1. The van der Waals surface area contributed by atoms with Crippen LogP contribution in [0.3, 0.4) is 0 Å². The molecular weight excluding hydrogens is 178 g/mol. The average Bonchev–Trinajstić information content (AvgIpc) is 2.19. The third kappa shape index (κ3) is 1.83. The van der Waals surface area contributed by atoms with E-state index in [4.69, 9.17) is 0 Å². The lowest BCUT2D eigenvalue weighted by Crippen LogP contribution is -2.57. The summed E-state index contributed by atoms with van der Waals surface area (Å²) in [6.45, 7) is 3.86. The second kappa shape index (κ2) is 4.07. The van der Waals surface area contributed by atoms with Gasteiger partial charge < -0.3 is 9.90 Å². The first-order valence-corrected chi connectivity index (χ1v) is 4.35. The summed E-state index contributed by atoms with van der Waals surface area (Å²) in [5.41, 5.74) is 0.687. The van der Waals surface area contributed by atoms with E-state index in [0.29, 0.717) is 12.2 Å². The first kappa shape index (κ1) is 10.5. The van der Waals surface area contributed by atoms with Gasteiger partial charge in [0.05, 0.1) is 7.05 Å². The maximum absolute atomic E-state index is 11.0. The number of amides is 1. The summed E-state index contributed by atoms with van der Waals surface area (Å²) in [6, 6.07) is 8.98. The molecule has 1 aromatic rings. The summed E-state index contributed by atoms with van der Waals surface area (Å²) in [5, 5.41) is 11.0. The highest BCUT2D eigenvalue weighted by molar-refractivity contribution is 5.78. The van der Waals surface area contributed by atoms with Crippen molar-refractivity contribution in [2.75, 3.05) is 13.6 Å². The van der Waals surface area contributed by atoms with E-state index in [2.05, 4.69) is 6.58 Å². The molecule has 3 nitrogen and oxygen atoms in total. The highest BCUT2D eigenvalue weighted by Crippen LogP contribution is 2.19. The Morgan fingerprint density at radius 1 is 1.50 bits per heavy atom. The fourth-order valence-electron chi connectivity index (χ4n) is 1.30. The van der Waals surface area contributed by atoms with Crippen LogP contribution in [0.2, 0.25) is 0 Å². The quantitative estimate of drug-likeness (QED) is 0.531. The van der Waals surface area contributed by atoms with Gasteiger partial charge in [-0.05, 0) is 18.2 Å². The predicted molar refractivity (Wildman–Crippen MR) is 54.6 cm³/mol. The van der Waals surface area contributed by atoms with E-state index in [-0.39, 0.29) is 4.48 Å². The topological polar surface area (TPSA) is 40.1 Å². The van der Waals surface area contributed by atoms with E-state index >= 15 is 0 Å². The van der Waals surface area contributed by atoms with E-state index in [1.165, 1.54) is 0 Å². The Morgan fingerprint density at radius 2 is 2.07 bits per heavy atom. The van der Waals surface area contributed by atoms with Gasteiger partial charge in [-0.1, -0.05) is 24.8 Å². The van der Waals surface area contributed by atoms with Crippen molar-refractivity contribution in [1.29, 1.82) is 0 Å². The molecule has 0 bridgehead atoms. The molecule has 0 aromatic heterocycles. The van der Waals surface area contributed by atoms with Gasteiger partial charge in [-0.3, -0.25) is 0 Å². The fraction of sp³-hybridized carbons (Fsp3) is 0.182. The molecule has 0 spiro atoms. The fourth-order valence-corrected chi connectivity index (χ4v) is 1.30. The van der Waals surface area contributed by atoms with E-state index in [1.54, 1.807) is 37.4 Å². The normalized spacial score (nSPS) is 14.4. The summed E-state index contributed by atoms with van der Waals surface area (Å²) >= 11 is 0. The second-order valence-corrected chi connectivity index (χ2v) is 3.26. The second-order valence-electron chi connectivity index (χ2n) is 3.26. The number of rotatable bonds is 3. The van der Waals surface area contributed by atoms with Gasteiger partial charge in [0.1, 0.15) is 12.2 Å². The zero-order chi connectivity index (χ0) is 10.6. The minimum atomic E-state index is -1.13. The highest BCUT2D eigenvalue weighted by atomic mass is 16.4. The van der Waals surface area contributed by atoms with Crippen LogP contribution in [0.5, 0.6) is 0 Å². The number of hydrogen-bond donors (Lipinski definition) is 0. The van der Waals surface area contributed by atoms with Crippen LogP contribution >= 0.6 is 0 Å². The molecule has 14 heavy (non-hydrogen) atoms. The molecule has 0 saturated carbocycles. The molecule has 0 radical (unpaired) electrons. The van der Waals surface area contributed by atoms with Gasteiger partial charge in [-0.15, -0.1) is 0 Å². The Morgan fingerprint density at radius 3 is 2.50 bits per heavy atom. The Kier molecular flexibility index (Phi) is 3.04. The largest absolute Gasteiger partial charge is 0.498 e. The molecule has 0 aliphatic rings. The van der Waals surface area contributed by atoms with Gasteiger partial charge >= 0.3 is 0 Å². The number of likely N-dealkylation sites (N-methyl/N-ethyl adjacent to an activating group) is 1. The van der Waals surface area contributed by atoms with Crippen LogP contribution in [-0.2, 0) is 0 Å². The molecule has 0 aliphatic heterocycles. The Labute approximate surface area is 83.5 Å². The smallest absolute Gasteiger partial charge is 0.262 e. The van der Waals surface area contributed by atoms with Crippen LogP contribution in [0.1, 0.15) is 0 Å². The number of nitrogens with zero attached hydrogens (tertiary/aromatic N) is 1. The number of para-hydroxylation sites is 1. The van der Waals surface area contributed by atoms with E-state index in [0.717, 1.165) is 0 Å². The summed E-state index contributed by atoms with van der Waals surface area (Å²) in [6.07, 6.45) is 0.444. The molecule has 1 aromatic carbocycles.